The molecule has 1 amide bonds. The monoisotopic (exact) mass is 423 g/mol. The molecule has 1 aromatic carbocycles. The number of anilines is 1. The van der Waals surface area contributed by atoms with Crippen LogP contribution in [0.15, 0.2) is 18.2 Å². The lowest BCUT2D eigenvalue weighted by molar-refractivity contribution is -0.190. The normalized spacial score (nSPS) is 20.1. The molecule has 0 radical (unpaired) electrons. The summed E-state index contributed by atoms with van der Waals surface area (Å²) in [6.07, 6.45) is -0.442. The number of nitrogens with zero attached hydrogens (tertiary/aromatic N) is 4. The first-order chi connectivity index (χ1) is 13.6. The molecule has 1 atom stereocenters. The molecule has 10 heteroatoms. The number of hydroxylamine groups is 2. The van der Waals surface area contributed by atoms with E-state index in [1.54, 1.807) is 16.6 Å². The number of hydrogen-bond acceptors (Lipinski definition) is 6. The Balaban J connectivity index is 1.58. The van der Waals surface area contributed by atoms with E-state index in [1.165, 1.54) is 23.3 Å². The van der Waals surface area contributed by atoms with Gasteiger partial charge >= 0.3 is 0 Å². The average Bonchev–Trinajstić information content (AvgIpc) is 2.95. The Morgan fingerprint density at radius 2 is 2.17 bits per heavy atom. The van der Waals surface area contributed by atoms with Crippen LogP contribution < -0.4 is 5.32 Å². The van der Waals surface area contributed by atoms with E-state index < -0.39 is 17.8 Å². The van der Waals surface area contributed by atoms with Gasteiger partial charge in [-0.25, -0.2) is 9.45 Å². The number of aliphatic hydroxyl groups excluding tert-OH is 1. The van der Waals surface area contributed by atoms with E-state index in [9.17, 15) is 14.3 Å². The summed E-state index contributed by atoms with van der Waals surface area (Å²) < 4.78 is 15.1. The number of carbonyl (C=O) groups is 1. The fourth-order valence-electron chi connectivity index (χ4n) is 3.79. The predicted molar refractivity (Wildman–Crippen MR) is 105 cm³/mol. The highest BCUT2D eigenvalue weighted by molar-refractivity contribution is 6.31. The number of hydrogen-bond donors (Lipinski definition) is 2. The molecule has 0 bridgehead atoms. The topological polar surface area (TPSA) is 82.9 Å². The summed E-state index contributed by atoms with van der Waals surface area (Å²) in [5, 5.41) is 19.4. The van der Waals surface area contributed by atoms with Crippen molar-refractivity contribution in [3.8, 4) is 0 Å². The van der Waals surface area contributed by atoms with E-state index in [0.29, 0.717) is 37.4 Å². The van der Waals surface area contributed by atoms with Crippen LogP contribution in [0.25, 0.3) is 0 Å². The van der Waals surface area contributed by atoms with Gasteiger partial charge in [-0.3, -0.25) is 19.2 Å². The molecule has 0 saturated carbocycles. The van der Waals surface area contributed by atoms with Crippen molar-refractivity contribution in [1.82, 2.24) is 19.7 Å². The average molecular weight is 424 g/mol. The number of rotatable bonds is 3. The standard InChI is InChI=1S/C19H23ClFN5O3/c1-19(2)10-26-16(17(27)24(3)29-19)12-9-25(7-6-15(12)23-26)18(28)22-11-4-5-14(21)13(20)8-11/h4-5,8,18,22,28H,6-7,9-10H2,1-3H3. The van der Waals surface area contributed by atoms with Crippen LogP contribution in [0.5, 0.6) is 0 Å². The van der Waals surface area contributed by atoms with Gasteiger partial charge in [0, 0.05) is 37.8 Å². The van der Waals surface area contributed by atoms with Gasteiger partial charge in [-0.2, -0.15) is 5.10 Å². The Kier molecular flexibility index (Phi) is 5.02. The van der Waals surface area contributed by atoms with Crippen molar-refractivity contribution in [3.05, 3.63) is 46.0 Å². The van der Waals surface area contributed by atoms with Crippen molar-refractivity contribution in [2.75, 3.05) is 18.9 Å². The van der Waals surface area contributed by atoms with E-state index in [1.807, 2.05) is 13.8 Å². The van der Waals surface area contributed by atoms with Crippen LogP contribution in [-0.4, -0.2) is 56.3 Å². The van der Waals surface area contributed by atoms with E-state index >= 15 is 0 Å². The van der Waals surface area contributed by atoms with Gasteiger partial charge in [0.25, 0.3) is 5.91 Å². The zero-order chi connectivity index (χ0) is 20.9. The minimum Gasteiger partial charge on any atom is -0.361 e. The van der Waals surface area contributed by atoms with E-state index in [0.717, 1.165) is 11.3 Å². The zero-order valence-corrected chi connectivity index (χ0v) is 17.2. The number of halogens is 2. The Morgan fingerprint density at radius 1 is 1.41 bits per heavy atom. The molecule has 0 saturated heterocycles. The van der Waals surface area contributed by atoms with Crippen LogP contribution in [0.4, 0.5) is 10.1 Å². The molecule has 3 heterocycles. The third kappa shape index (κ3) is 3.83. The Hall–Kier alpha value is -2.20. The summed E-state index contributed by atoms with van der Waals surface area (Å²) in [5.41, 5.74) is 2.04. The van der Waals surface area contributed by atoms with Crippen molar-refractivity contribution >= 4 is 23.2 Å². The molecule has 2 aliphatic rings. The highest BCUT2D eigenvalue weighted by Crippen LogP contribution is 2.29. The van der Waals surface area contributed by atoms with Crippen LogP contribution in [0.1, 0.15) is 35.6 Å². The Morgan fingerprint density at radius 3 is 2.90 bits per heavy atom. The van der Waals surface area contributed by atoms with Crippen LogP contribution in [0, 0.1) is 5.82 Å². The molecular formula is C19H23ClFN5O3. The van der Waals surface area contributed by atoms with Crippen molar-refractivity contribution in [3.63, 3.8) is 0 Å². The fourth-order valence-corrected chi connectivity index (χ4v) is 3.97. The number of nitrogens with one attached hydrogen (secondary N) is 1. The molecule has 0 spiro atoms. The summed E-state index contributed by atoms with van der Waals surface area (Å²) in [7, 11) is 1.59. The van der Waals surface area contributed by atoms with Crippen LogP contribution in [-0.2, 0) is 24.3 Å². The first-order valence-electron chi connectivity index (χ1n) is 9.34. The molecule has 0 aliphatic carbocycles. The second-order valence-electron chi connectivity index (χ2n) is 7.95. The van der Waals surface area contributed by atoms with E-state index in [4.69, 9.17) is 16.4 Å². The number of aromatic nitrogens is 2. The van der Waals surface area contributed by atoms with Gasteiger partial charge < -0.3 is 10.4 Å². The van der Waals surface area contributed by atoms with Crippen LogP contribution in [0.2, 0.25) is 5.02 Å². The van der Waals surface area contributed by atoms with Crippen LogP contribution >= 0.6 is 11.6 Å². The highest BCUT2D eigenvalue weighted by atomic mass is 35.5. The Labute approximate surface area is 172 Å². The van der Waals surface area contributed by atoms with Crippen molar-refractivity contribution in [2.45, 2.75) is 45.3 Å². The third-order valence-electron chi connectivity index (χ3n) is 5.10. The summed E-state index contributed by atoms with van der Waals surface area (Å²) in [6, 6.07) is 4.16. The lowest BCUT2D eigenvalue weighted by Gasteiger charge is -2.32. The van der Waals surface area contributed by atoms with Crippen molar-refractivity contribution in [1.29, 1.82) is 0 Å². The Bertz CT molecular complexity index is 964. The smallest absolute Gasteiger partial charge is 0.295 e. The molecule has 156 valence electrons. The number of aliphatic hydroxyl groups is 1. The van der Waals surface area contributed by atoms with Crippen molar-refractivity contribution in [2.24, 2.45) is 0 Å². The molecule has 8 nitrogen and oxygen atoms in total. The second kappa shape index (κ2) is 7.24. The number of amides is 1. The maximum atomic E-state index is 13.3. The molecule has 2 N–H and O–H groups in total. The fraction of sp³-hybridized carbons (Fsp3) is 0.474. The van der Waals surface area contributed by atoms with Gasteiger partial charge in [0.1, 0.15) is 17.1 Å². The molecule has 1 unspecified atom stereocenters. The maximum Gasteiger partial charge on any atom is 0.295 e. The van der Waals surface area contributed by atoms with E-state index in [2.05, 4.69) is 10.4 Å². The van der Waals surface area contributed by atoms with Gasteiger partial charge in [-0.1, -0.05) is 11.6 Å². The largest absolute Gasteiger partial charge is 0.361 e. The first kappa shape index (κ1) is 20.1. The van der Waals surface area contributed by atoms with Gasteiger partial charge in [0.15, 0.2) is 6.35 Å². The molecule has 29 heavy (non-hydrogen) atoms. The van der Waals surface area contributed by atoms with Gasteiger partial charge in [0.05, 0.1) is 17.3 Å². The lowest BCUT2D eigenvalue weighted by Crippen LogP contribution is -2.44. The number of carbonyl (C=O) groups excluding carboxylic acids is 1. The molecule has 0 fully saturated rings. The van der Waals surface area contributed by atoms with Gasteiger partial charge in [-0.15, -0.1) is 0 Å². The quantitative estimate of drug-likeness (QED) is 0.736. The van der Waals surface area contributed by atoms with Gasteiger partial charge in [0.2, 0.25) is 0 Å². The van der Waals surface area contributed by atoms with Crippen LogP contribution in [0.3, 0.4) is 0 Å². The minimum absolute atomic E-state index is 0.0265. The molecule has 1 aromatic heterocycles. The van der Waals surface area contributed by atoms with Gasteiger partial charge in [-0.05, 0) is 32.0 Å². The minimum atomic E-state index is -1.04. The predicted octanol–water partition coefficient (Wildman–Crippen LogP) is 2.22. The summed E-state index contributed by atoms with van der Waals surface area (Å²) in [6.45, 7) is 5.14. The molecule has 4 rings (SSSR count). The molecule has 2 aliphatic heterocycles. The molecular weight excluding hydrogens is 401 g/mol. The summed E-state index contributed by atoms with van der Waals surface area (Å²) in [4.78, 5) is 20.4. The second-order valence-corrected chi connectivity index (χ2v) is 8.36. The summed E-state index contributed by atoms with van der Waals surface area (Å²) in [5.74, 6) is -0.788. The number of benzene rings is 1. The summed E-state index contributed by atoms with van der Waals surface area (Å²) >= 11 is 5.81. The first-order valence-corrected chi connectivity index (χ1v) is 9.72. The highest BCUT2D eigenvalue weighted by Gasteiger charge is 2.38. The maximum absolute atomic E-state index is 13.3. The number of fused-ring (bicyclic) bond motifs is 3. The SMILES string of the molecule is CN1OC(C)(C)Cn2nc3c(c2C1=O)CN(C(O)Nc1ccc(F)c(Cl)c1)CC3. The van der Waals surface area contributed by atoms with Crippen molar-refractivity contribution < 1.29 is 19.1 Å². The lowest BCUT2D eigenvalue weighted by atomic mass is 10.0. The van der Waals surface area contributed by atoms with E-state index in [-0.39, 0.29) is 10.9 Å². The molecule has 2 aromatic rings. The third-order valence-corrected chi connectivity index (χ3v) is 5.38. The zero-order valence-electron chi connectivity index (χ0n) is 16.4.